The van der Waals surface area contributed by atoms with Gasteiger partial charge in [-0.1, -0.05) is 0 Å². The molecule has 0 aliphatic carbocycles. The van der Waals surface area contributed by atoms with Crippen LogP contribution in [0.4, 0.5) is 18.0 Å². The van der Waals surface area contributed by atoms with Gasteiger partial charge in [-0.25, -0.2) is 4.79 Å². The Hall–Kier alpha value is -0.980. The van der Waals surface area contributed by atoms with Crippen LogP contribution < -0.4 is 5.32 Å². The highest BCUT2D eigenvalue weighted by Gasteiger charge is 2.32. The summed E-state index contributed by atoms with van der Waals surface area (Å²) >= 11 is 0. The van der Waals surface area contributed by atoms with Crippen molar-refractivity contribution in [2.24, 2.45) is 0 Å². The van der Waals surface area contributed by atoms with E-state index in [1.807, 2.05) is 20.8 Å². The van der Waals surface area contributed by atoms with Crippen molar-refractivity contribution in [2.45, 2.75) is 78.2 Å². The minimum atomic E-state index is -4.19. The van der Waals surface area contributed by atoms with Crippen molar-refractivity contribution in [1.29, 1.82) is 0 Å². The van der Waals surface area contributed by atoms with E-state index >= 15 is 0 Å². The standard InChI is InChI=1S/C15H29F3N2O2/c1-11(10-15(16,17)18)19-8-9-20(13(2,3)4)12(21)22-14(5,6)7/h11,19H,8-10H2,1-7H3. The van der Waals surface area contributed by atoms with Gasteiger partial charge in [0.25, 0.3) is 0 Å². The van der Waals surface area contributed by atoms with Crippen LogP contribution in [-0.4, -0.2) is 47.4 Å². The molecule has 1 N–H and O–H groups in total. The molecule has 132 valence electrons. The Labute approximate surface area is 131 Å². The predicted octanol–water partition coefficient (Wildman–Crippen LogP) is 3.95. The van der Waals surface area contributed by atoms with Crippen LogP contribution in [0.3, 0.4) is 0 Å². The first-order valence-electron chi connectivity index (χ1n) is 7.42. The van der Waals surface area contributed by atoms with Crippen LogP contribution in [0.25, 0.3) is 0 Å². The Kier molecular flexibility index (Phi) is 7.19. The van der Waals surface area contributed by atoms with Crippen molar-refractivity contribution in [3.8, 4) is 0 Å². The normalized spacial score (nSPS) is 14.6. The summed E-state index contributed by atoms with van der Waals surface area (Å²) in [4.78, 5) is 13.7. The Morgan fingerprint density at radius 1 is 1.14 bits per heavy atom. The predicted molar refractivity (Wildman–Crippen MR) is 80.8 cm³/mol. The van der Waals surface area contributed by atoms with Gasteiger partial charge >= 0.3 is 12.3 Å². The van der Waals surface area contributed by atoms with E-state index in [0.717, 1.165) is 0 Å². The smallest absolute Gasteiger partial charge is 0.410 e. The molecule has 1 atom stereocenters. The van der Waals surface area contributed by atoms with Crippen molar-refractivity contribution < 1.29 is 22.7 Å². The summed E-state index contributed by atoms with van der Waals surface area (Å²) in [6.45, 7) is 12.9. The van der Waals surface area contributed by atoms with E-state index < -0.39 is 35.9 Å². The summed E-state index contributed by atoms with van der Waals surface area (Å²) in [5.41, 5.74) is -1.09. The first kappa shape index (κ1) is 21.0. The summed E-state index contributed by atoms with van der Waals surface area (Å²) in [6.07, 6.45) is -5.55. The highest BCUT2D eigenvalue weighted by Crippen LogP contribution is 2.21. The molecule has 1 amide bonds. The van der Waals surface area contributed by atoms with Gasteiger partial charge in [0.2, 0.25) is 0 Å². The zero-order valence-electron chi connectivity index (χ0n) is 14.6. The number of rotatable bonds is 5. The Balaban J connectivity index is 4.55. The summed E-state index contributed by atoms with van der Waals surface area (Å²) in [5.74, 6) is 0. The van der Waals surface area contributed by atoms with Crippen LogP contribution in [0.5, 0.6) is 0 Å². The molecule has 22 heavy (non-hydrogen) atoms. The Morgan fingerprint density at radius 3 is 2.00 bits per heavy atom. The monoisotopic (exact) mass is 326 g/mol. The fraction of sp³-hybridized carbons (Fsp3) is 0.933. The molecule has 0 radical (unpaired) electrons. The van der Waals surface area contributed by atoms with Crippen molar-refractivity contribution >= 4 is 6.09 Å². The third-order valence-electron chi connectivity index (χ3n) is 2.79. The van der Waals surface area contributed by atoms with Crippen molar-refractivity contribution in [3.63, 3.8) is 0 Å². The van der Waals surface area contributed by atoms with E-state index in [2.05, 4.69) is 5.32 Å². The second kappa shape index (κ2) is 7.53. The summed E-state index contributed by atoms with van der Waals surface area (Å²) in [5, 5.41) is 2.79. The molecule has 0 spiro atoms. The molecular weight excluding hydrogens is 297 g/mol. The number of amides is 1. The number of hydrogen-bond donors (Lipinski definition) is 1. The van der Waals surface area contributed by atoms with E-state index in [1.165, 1.54) is 11.8 Å². The topological polar surface area (TPSA) is 41.6 Å². The largest absolute Gasteiger partial charge is 0.444 e. The molecular formula is C15H29F3N2O2. The van der Waals surface area contributed by atoms with Gasteiger partial charge < -0.3 is 15.0 Å². The maximum Gasteiger partial charge on any atom is 0.410 e. The lowest BCUT2D eigenvalue weighted by Gasteiger charge is -2.37. The maximum absolute atomic E-state index is 12.3. The Morgan fingerprint density at radius 2 is 1.64 bits per heavy atom. The lowest BCUT2D eigenvalue weighted by atomic mass is 10.1. The van der Waals surface area contributed by atoms with Gasteiger partial charge in [0, 0.05) is 24.7 Å². The van der Waals surface area contributed by atoms with Gasteiger partial charge in [-0.05, 0) is 48.5 Å². The molecule has 7 heteroatoms. The minimum absolute atomic E-state index is 0.272. The number of halogens is 3. The fourth-order valence-electron chi connectivity index (χ4n) is 1.86. The van der Waals surface area contributed by atoms with Gasteiger partial charge in [0.1, 0.15) is 5.60 Å². The summed E-state index contributed by atoms with van der Waals surface area (Å²) in [6, 6.07) is -0.694. The lowest BCUT2D eigenvalue weighted by molar-refractivity contribution is -0.139. The maximum atomic E-state index is 12.3. The number of carbonyl (C=O) groups is 1. The number of carbonyl (C=O) groups excluding carboxylic acids is 1. The Bertz CT molecular complexity index is 357. The molecule has 0 aliphatic heterocycles. The van der Waals surface area contributed by atoms with Gasteiger partial charge in [-0.2, -0.15) is 13.2 Å². The van der Waals surface area contributed by atoms with E-state index in [9.17, 15) is 18.0 Å². The van der Waals surface area contributed by atoms with Crippen molar-refractivity contribution in [1.82, 2.24) is 10.2 Å². The molecule has 1 unspecified atom stereocenters. The van der Waals surface area contributed by atoms with Crippen LogP contribution in [0.15, 0.2) is 0 Å². The average molecular weight is 326 g/mol. The molecule has 0 rings (SSSR count). The molecule has 0 fully saturated rings. The molecule has 0 aromatic heterocycles. The van der Waals surface area contributed by atoms with Crippen LogP contribution in [0, 0.1) is 0 Å². The summed E-state index contributed by atoms with van der Waals surface area (Å²) < 4.78 is 42.2. The van der Waals surface area contributed by atoms with Gasteiger partial charge in [0.15, 0.2) is 0 Å². The van der Waals surface area contributed by atoms with E-state index in [0.29, 0.717) is 0 Å². The average Bonchev–Trinajstić information content (AvgIpc) is 2.16. The molecule has 0 bridgehead atoms. The van der Waals surface area contributed by atoms with Crippen LogP contribution in [0.2, 0.25) is 0 Å². The van der Waals surface area contributed by atoms with Gasteiger partial charge in [-0.3, -0.25) is 0 Å². The fourth-order valence-corrected chi connectivity index (χ4v) is 1.86. The molecule has 0 aromatic carbocycles. The number of hydrogen-bond acceptors (Lipinski definition) is 3. The van der Waals surface area contributed by atoms with E-state index in [4.69, 9.17) is 4.74 Å². The first-order chi connectivity index (χ1) is 9.62. The molecule has 0 aromatic rings. The highest BCUT2D eigenvalue weighted by atomic mass is 19.4. The second-order valence-corrected chi connectivity index (χ2v) is 7.48. The zero-order chi connectivity index (χ0) is 17.8. The molecule has 0 aliphatic rings. The number of nitrogens with zero attached hydrogens (tertiary/aromatic N) is 1. The number of ether oxygens (including phenoxy) is 1. The molecule has 4 nitrogen and oxygen atoms in total. The van der Waals surface area contributed by atoms with Crippen LogP contribution in [-0.2, 0) is 4.74 Å². The number of alkyl halides is 3. The minimum Gasteiger partial charge on any atom is -0.444 e. The lowest BCUT2D eigenvalue weighted by Crippen LogP contribution is -2.51. The molecule has 0 heterocycles. The third-order valence-corrected chi connectivity index (χ3v) is 2.79. The zero-order valence-corrected chi connectivity index (χ0v) is 14.6. The third kappa shape index (κ3) is 9.87. The number of nitrogens with one attached hydrogen (secondary N) is 1. The quantitative estimate of drug-likeness (QED) is 0.831. The van der Waals surface area contributed by atoms with Crippen LogP contribution in [0.1, 0.15) is 54.9 Å². The molecule has 0 saturated carbocycles. The van der Waals surface area contributed by atoms with E-state index in [-0.39, 0.29) is 13.1 Å². The SMILES string of the molecule is CC(CC(F)(F)F)NCCN(C(=O)OC(C)(C)C)C(C)(C)C. The summed E-state index contributed by atoms with van der Waals surface area (Å²) in [7, 11) is 0. The van der Waals surface area contributed by atoms with Crippen LogP contribution >= 0.6 is 0 Å². The van der Waals surface area contributed by atoms with Crippen molar-refractivity contribution in [3.05, 3.63) is 0 Å². The first-order valence-corrected chi connectivity index (χ1v) is 7.42. The van der Waals surface area contributed by atoms with E-state index in [1.54, 1.807) is 20.8 Å². The van der Waals surface area contributed by atoms with Gasteiger partial charge in [0.05, 0.1) is 6.42 Å². The second-order valence-electron chi connectivity index (χ2n) is 7.48. The van der Waals surface area contributed by atoms with Gasteiger partial charge in [-0.15, -0.1) is 0 Å². The highest BCUT2D eigenvalue weighted by molar-refractivity contribution is 5.69. The molecule has 0 saturated heterocycles. The van der Waals surface area contributed by atoms with Crippen molar-refractivity contribution in [2.75, 3.05) is 13.1 Å².